The third kappa shape index (κ3) is 0.868. The maximum atomic E-state index is 11.6. The zero-order valence-electron chi connectivity index (χ0n) is 8.58. The first-order valence-corrected chi connectivity index (χ1v) is 5.11. The summed E-state index contributed by atoms with van der Waals surface area (Å²) in [5.74, 6) is -0.381. The van der Waals surface area contributed by atoms with Crippen LogP contribution < -0.4 is 0 Å². The second-order valence-electron chi connectivity index (χ2n) is 4.61. The molecular weight excluding hydrogens is 180 g/mol. The molecule has 3 nitrogen and oxygen atoms in total. The monoisotopic (exact) mass is 196 g/mol. The summed E-state index contributed by atoms with van der Waals surface area (Å²) in [5.41, 5.74) is -2.26. The number of aliphatic hydroxyl groups is 2. The Bertz CT molecular complexity index is 320. The molecule has 0 heterocycles. The molecule has 2 aliphatic rings. The van der Waals surface area contributed by atoms with Gasteiger partial charge in [0, 0.05) is 0 Å². The van der Waals surface area contributed by atoms with Crippen LogP contribution in [-0.4, -0.2) is 27.2 Å². The van der Waals surface area contributed by atoms with Crippen LogP contribution in [0, 0.1) is 5.92 Å². The molecule has 14 heavy (non-hydrogen) atoms. The quantitative estimate of drug-likeness (QED) is 0.602. The minimum atomic E-state index is -1.55. The minimum Gasteiger partial charge on any atom is -0.382 e. The highest BCUT2D eigenvalue weighted by atomic mass is 16.4. The van der Waals surface area contributed by atoms with Gasteiger partial charge in [0.1, 0.15) is 5.60 Å². The second-order valence-corrected chi connectivity index (χ2v) is 4.61. The molecule has 2 N–H and O–H groups in total. The molecule has 3 atom stereocenters. The van der Waals surface area contributed by atoms with Crippen molar-refractivity contribution in [3.05, 3.63) is 11.6 Å². The van der Waals surface area contributed by atoms with Crippen molar-refractivity contribution in [1.29, 1.82) is 0 Å². The Morgan fingerprint density at radius 3 is 2.71 bits per heavy atom. The van der Waals surface area contributed by atoms with E-state index in [1.165, 1.54) is 6.08 Å². The van der Waals surface area contributed by atoms with E-state index in [1.54, 1.807) is 6.92 Å². The summed E-state index contributed by atoms with van der Waals surface area (Å²) in [5, 5.41) is 20.7. The van der Waals surface area contributed by atoms with Crippen molar-refractivity contribution >= 4 is 5.78 Å². The first kappa shape index (κ1) is 9.87. The second kappa shape index (κ2) is 2.67. The average molecular weight is 196 g/mol. The SMILES string of the molecule is CC1=CC(=O)[C@@]2(O)CCC[C@H](C)[C@@]12O. The molecule has 0 amide bonds. The predicted molar refractivity (Wildman–Crippen MR) is 51.7 cm³/mol. The molecule has 0 radical (unpaired) electrons. The van der Waals surface area contributed by atoms with Gasteiger partial charge in [-0.15, -0.1) is 0 Å². The third-order valence-corrected chi connectivity index (χ3v) is 3.88. The highest BCUT2D eigenvalue weighted by Gasteiger charge is 2.62. The van der Waals surface area contributed by atoms with E-state index in [0.29, 0.717) is 12.0 Å². The molecule has 0 unspecified atom stereocenters. The van der Waals surface area contributed by atoms with Crippen molar-refractivity contribution in [2.24, 2.45) is 5.92 Å². The Kier molecular flexibility index (Phi) is 1.88. The standard InChI is InChI=1S/C11H16O3/c1-7-4-3-5-10(13)9(12)6-8(2)11(7,10)14/h6-7,13-14H,3-5H2,1-2H3/t7-,10-,11+/m0/s1. The van der Waals surface area contributed by atoms with Crippen LogP contribution in [0.2, 0.25) is 0 Å². The van der Waals surface area contributed by atoms with E-state index in [-0.39, 0.29) is 11.7 Å². The Morgan fingerprint density at radius 2 is 2.14 bits per heavy atom. The summed E-state index contributed by atoms with van der Waals surface area (Å²) < 4.78 is 0. The molecule has 0 aromatic heterocycles. The van der Waals surface area contributed by atoms with Crippen LogP contribution >= 0.6 is 0 Å². The molecule has 0 bridgehead atoms. The predicted octanol–water partition coefficient (Wildman–Crippen LogP) is 0.798. The van der Waals surface area contributed by atoms with Gasteiger partial charge in [0.25, 0.3) is 0 Å². The van der Waals surface area contributed by atoms with Crippen LogP contribution in [-0.2, 0) is 4.79 Å². The lowest BCUT2D eigenvalue weighted by molar-refractivity contribution is -0.177. The highest BCUT2D eigenvalue weighted by Crippen LogP contribution is 2.49. The summed E-state index contributed by atoms with van der Waals surface area (Å²) in [6, 6.07) is 0. The van der Waals surface area contributed by atoms with E-state index in [4.69, 9.17) is 0 Å². The van der Waals surface area contributed by atoms with E-state index in [2.05, 4.69) is 0 Å². The first-order valence-electron chi connectivity index (χ1n) is 5.11. The van der Waals surface area contributed by atoms with Crippen molar-refractivity contribution in [2.45, 2.75) is 44.3 Å². The molecule has 0 aromatic carbocycles. The minimum absolute atomic E-state index is 0.0519. The number of ketones is 1. The van der Waals surface area contributed by atoms with Gasteiger partial charge < -0.3 is 10.2 Å². The molecular formula is C11H16O3. The molecule has 1 fully saturated rings. The first-order chi connectivity index (χ1) is 6.43. The molecule has 0 aromatic rings. The van der Waals surface area contributed by atoms with Gasteiger partial charge in [0.05, 0.1) is 0 Å². The Hall–Kier alpha value is -0.670. The number of carbonyl (C=O) groups excluding carboxylic acids is 1. The lowest BCUT2D eigenvalue weighted by atomic mass is 9.65. The topological polar surface area (TPSA) is 57.5 Å². The van der Waals surface area contributed by atoms with E-state index >= 15 is 0 Å². The summed E-state index contributed by atoms with van der Waals surface area (Å²) in [7, 11) is 0. The number of hydrogen-bond donors (Lipinski definition) is 2. The van der Waals surface area contributed by atoms with Crippen LogP contribution in [0.3, 0.4) is 0 Å². The highest BCUT2D eigenvalue weighted by molar-refractivity contribution is 6.02. The van der Waals surface area contributed by atoms with Gasteiger partial charge in [-0.25, -0.2) is 0 Å². The van der Waals surface area contributed by atoms with Gasteiger partial charge in [-0.1, -0.05) is 6.92 Å². The number of carbonyl (C=O) groups is 1. The molecule has 1 saturated carbocycles. The fourth-order valence-corrected chi connectivity index (χ4v) is 2.92. The summed E-state index contributed by atoms with van der Waals surface area (Å²) in [6.45, 7) is 3.61. The largest absolute Gasteiger partial charge is 0.382 e. The summed E-state index contributed by atoms with van der Waals surface area (Å²) in [6.07, 6.45) is 3.42. The van der Waals surface area contributed by atoms with Gasteiger partial charge in [-0.2, -0.15) is 0 Å². The Balaban J connectivity index is 2.52. The molecule has 3 heteroatoms. The Labute approximate surface area is 83.4 Å². The van der Waals surface area contributed by atoms with E-state index in [9.17, 15) is 15.0 Å². The van der Waals surface area contributed by atoms with Crippen LogP contribution in [0.5, 0.6) is 0 Å². The lowest BCUT2D eigenvalue weighted by Gasteiger charge is -2.46. The van der Waals surface area contributed by atoms with Gasteiger partial charge in [-0.3, -0.25) is 4.79 Å². The number of hydrogen-bond acceptors (Lipinski definition) is 3. The van der Waals surface area contributed by atoms with Crippen molar-refractivity contribution in [2.75, 3.05) is 0 Å². The smallest absolute Gasteiger partial charge is 0.190 e. The van der Waals surface area contributed by atoms with Gasteiger partial charge in [0.15, 0.2) is 11.4 Å². The fraction of sp³-hybridized carbons (Fsp3) is 0.727. The van der Waals surface area contributed by atoms with Gasteiger partial charge in [-0.05, 0) is 43.8 Å². The molecule has 0 aliphatic heterocycles. The van der Waals surface area contributed by atoms with Crippen molar-refractivity contribution in [1.82, 2.24) is 0 Å². The molecule has 0 spiro atoms. The van der Waals surface area contributed by atoms with Gasteiger partial charge >= 0.3 is 0 Å². The maximum Gasteiger partial charge on any atom is 0.190 e. The number of fused-ring (bicyclic) bond motifs is 1. The van der Waals surface area contributed by atoms with Crippen LogP contribution in [0.15, 0.2) is 11.6 Å². The maximum absolute atomic E-state index is 11.6. The zero-order chi connectivity index (χ0) is 10.6. The van der Waals surface area contributed by atoms with Crippen LogP contribution in [0.4, 0.5) is 0 Å². The van der Waals surface area contributed by atoms with E-state index in [1.807, 2.05) is 6.92 Å². The average Bonchev–Trinajstić information content (AvgIpc) is 2.29. The van der Waals surface area contributed by atoms with Crippen molar-refractivity contribution in [3.8, 4) is 0 Å². The Morgan fingerprint density at radius 1 is 1.50 bits per heavy atom. The van der Waals surface area contributed by atoms with Crippen LogP contribution in [0.1, 0.15) is 33.1 Å². The van der Waals surface area contributed by atoms with Crippen molar-refractivity contribution in [3.63, 3.8) is 0 Å². The lowest BCUT2D eigenvalue weighted by Crippen LogP contribution is -2.61. The fourth-order valence-electron chi connectivity index (χ4n) is 2.92. The molecule has 78 valence electrons. The summed E-state index contributed by atoms with van der Waals surface area (Å²) >= 11 is 0. The van der Waals surface area contributed by atoms with E-state index in [0.717, 1.165) is 12.8 Å². The van der Waals surface area contributed by atoms with Crippen molar-refractivity contribution < 1.29 is 15.0 Å². The normalized spacial score (nSPS) is 47.6. The number of rotatable bonds is 0. The third-order valence-electron chi connectivity index (χ3n) is 3.88. The zero-order valence-corrected chi connectivity index (χ0v) is 8.58. The molecule has 0 saturated heterocycles. The molecule has 2 rings (SSSR count). The summed E-state index contributed by atoms with van der Waals surface area (Å²) in [4.78, 5) is 11.6. The molecule has 2 aliphatic carbocycles. The van der Waals surface area contributed by atoms with Gasteiger partial charge in [0.2, 0.25) is 0 Å². The van der Waals surface area contributed by atoms with E-state index < -0.39 is 11.2 Å². The van der Waals surface area contributed by atoms with Crippen LogP contribution in [0.25, 0.3) is 0 Å².